The van der Waals surface area contributed by atoms with Crippen LogP contribution >= 0.6 is 0 Å². The highest BCUT2D eigenvalue weighted by atomic mass is 16.6. The summed E-state index contributed by atoms with van der Waals surface area (Å²) in [6.07, 6.45) is 1.03. The minimum Gasteiger partial charge on any atom is -0.507 e. The van der Waals surface area contributed by atoms with Crippen molar-refractivity contribution >= 4 is 23.5 Å². The van der Waals surface area contributed by atoms with Gasteiger partial charge in [0.2, 0.25) is 0 Å². The van der Waals surface area contributed by atoms with E-state index >= 15 is 0 Å². The quantitative estimate of drug-likeness (QED) is 0.486. The number of nitro groups is 2. The molecule has 0 unspecified atom stereocenters. The number of phenols is 1. The molecule has 0 heterocycles. The molecule has 0 bridgehead atoms. The number of hydrazone groups is 1. The van der Waals surface area contributed by atoms with E-state index in [0.717, 1.165) is 30.5 Å². The molecular weight excluding hydrogens is 320 g/mol. The third-order valence-electron chi connectivity index (χ3n) is 2.91. The summed E-state index contributed by atoms with van der Waals surface area (Å²) in [7, 11) is 0. The predicted molar refractivity (Wildman–Crippen MR) is 82.9 cm³/mol. The molecule has 0 aliphatic rings. The number of benzene rings is 2. The van der Waals surface area contributed by atoms with Crippen molar-refractivity contribution in [3.05, 3.63) is 73.8 Å². The molecule has 2 rings (SSSR count). The summed E-state index contributed by atoms with van der Waals surface area (Å²) in [6.45, 7) is 0. The fourth-order valence-corrected chi connectivity index (χ4v) is 1.74. The zero-order valence-electron chi connectivity index (χ0n) is 11.9. The first-order chi connectivity index (χ1) is 11.4. The Bertz CT molecular complexity index is 849. The van der Waals surface area contributed by atoms with Crippen LogP contribution in [0.1, 0.15) is 15.9 Å². The molecule has 24 heavy (non-hydrogen) atoms. The lowest BCUT2D eigenvalue weighted by Crippen LogP contribution is -2.17. The topological polar surface area (TPSA) is 148 Å². The Morgan fingerprint density at radius 3 is 2.42 bits per heavy atom. The van der Waals surface area contributed by atoms with Crippen molar-refractivity contribution in [1.82, 2.24) is 5.43 Å². The van der Waals surface area contributed by atoms with Gasteiger partial charge in [-0.15, -0.1) is 0 Å². The molecule has 0 saturated heterocycles. The second kappa shape index (κ2) is 6.96. The Morgan fingerprint density at radius 2 is 1.75 bits per heavy atom. The number of carbonyl (C=O) groups excluding carboxylic acids is 1. The monoisotopic (exact) mass is 330 g/mol. The van der Waals surface area contributed by atoms with Gasteiger partial charge in [0.05, 0.1) is 16.1 Å². The number of aromatic hydroxyl groups is 1. The van der Waals surface area contributed by atoms with Gasteiger partial charge < -0.3 is 5.11 Å². The minimum absolute atomic E-state index is 0.0182. The molecule has 10 heteroatoms. The van der Waals surface area contributed by atoms with Crippen molar-refractivity contribution in [1.29, 1.82) is 0 Å². The number of nitrogens with one attached hydrogen (secondary N) is 1. The molecule has 2 aromatic rings. The largest absolute Gasteiger partial charge is 0.507 e. The number of rotatable bonds is 5. The maximum Gasteiger partial charge on any atom is 0.271 e. The third kappa shape index (κ3) is 3.88. The number of phenolic OH excluding ortho intramolecular Hbond substituents is 1. The molecule has 0 spiro atoms. The van der Waals surface area contributed by atoms with Crippen LogP contribution in [0, 0.1) is 20.2 Å². The summed E-state index contributed by atoms with van der Waals surface area (Å²) in [5, 5.41) is 34.5. The Kier molecular flexibility index (Phi) is 4.80. The van der Waals surface area contributed by atoms with Gasteiger partial charge in [0.25, 0.3) is 17.3 Å². The Labute approximate surface area is 134 Å². The smallest absolute Gasteiger partial charge is 0.271 e. The molecule has 0 atom stereocenters. The molecule has 0 aliphatic carbocycles. The summed E-state index contributed by atoms with van der Waals surface area (Å²) in [4.78, 5) is 31.9. The molecule has 0 aromatic heterocycles. The van der Waals surface area contributed by atoms with E-state index in [1.54, 1.807) is 0 Å². The van der Waals surface area contributed by atoms with E-state index in [1.807, 2.05) is 0 Å². The maximum atomic E-state index is 11.9. The summed E-state index contributed by atoms with van der Waals surface area (Å²) in [5.74, 6) is -0.964. The summed E-state index contributed by atoms with van der Waals surface area (Å²) >= 11 is 0. The lowest BCUT2D eigenvalue weighted by molar-refractivity contribution is -0.385. The number of nitrogens with zero attached hydrogens (tertiary/aromatic N) is 3. The SMILES string of the molecule is O=C(NN=Cc1cc([N+](=O)[O-])ccc1O)c1cccc([N+](=O)[O-])c1. The van der Waals surface area contributed by atoms with Crippen molar-refractivity contribution in [2.75, 3.05) is 0 Å². The second-order valence-corrected chi connectivity index (χ2v) is 4.51. The van der Waals surface area contributed by atoms with Gasteiger partial charge in [0, 0.05) is 35.4 Å². The standard InChI is InChI=1S/C14H10N4O6/c19-13-5-4-12(18(23)24)7-10(13)8-15-16-14(20)9-2-1-3-11(6-9)17(21)22/h1-8,19H,(H,16,20). The van der Waals surface area contributed by atoms with Crippen LogP contribution < -0.4 is 5.43 Å². The van der Waals surface area contributed by atoms with Crippen LogP contribution in [0.2, 0.25) is 0 Å². The van der Waals surface area contributed by atoms with E-state index < -0.39 is 15.8 Å². The fourth-order valence-electron chi connectivity index (χ4n) is 1.74. The second-order valence-electron chi connectivity index (χ2n) is 4.51. The molecule has 10 nitrogen and oxygen atoms in total. The van der Waals surface area contributed by atoms with Crippen LogP contribution in [-0.2, 0) is 0 Å². The molecule has 1 amide bonds. The van der Waals surface area contributed by atoms with Crippen molar-refractivity contribution in [2.24, 2.45) is 5.10 Å². The molecule has 122 valence electrons. The molecule has 0 aliphatic heterocycles. The highest BCUT2D eigenvalue weighted by Gasteiger charge is 2.11. The Morgan fingerprint density at radius 1 is 1.08 bits per heavy atom. The molecule has 0 saturated carbocycles. The van der Waals surface area contributed by atoms with Crippen molar-refractivity contribution in [3.8, 4) is 5.75 Å². The summed E-state index contributed by atoms with van der Waals surface area (Å²) < 4.78 is 0. The molecule has 2 N–H and O–H groups in total. The zero-order valence-corrected chi connectivity index (χ0v) is 11.9. The number of carbonyl (C=O) groups is 1. The normalized spacial score (nSPS) is 10.5. The van der Waals surface area contributed by atoms with Gasteiger partial charge in [-0.2, -0.15) is 5.10 Å². The fraction of sp³-hybridized carbons (Fsp3) is 0. The average Bonchev–Trinajstić information content (AvgIpc) is 2.56. The third-order valence-corrected chi connectivity index (χ3v) is 2.91. The van der Waals surface area contributed by atoms with E-state index in [4.69, 9.17) is 0 Å². The van der Waals surface area contributed by atoms with Gasteiger partial charge >= 0.3 is 0 Å². The van der Waals surface area contributed by atoms with Crippen LogP contribution in [0.3, 0.4) is 0 Å². The number of nitro benzene ring substituents is 2. The maximum absolute atomic E-state index is 11.9. The van der Waals surface area contributed by atoms with Crippen molar-refractivity contribution in [3.63, 3.8) is 0 Å². The minimum atomic E-state index is -0.708. The number of non-ortho nitro benzene ring substituents is 2. The summed E-state index contributed by atoms with van der Waals surface area (Å²) in [6, 6.07) is 8.36. The van der Waals surface area contributed by atoms with Gasteiger partial charge in [-0.05, 0) is 12.1 Å². The van der Waals surface area contributed by atoms with Gasteiger partial charge in [0.15, 0.2) is 0 Å². The van der Waals surface area contributed by atoms with Crippen molar-refractivity contribution in [2.45, 2.75) is 0 Å². The van der Waals surface area contributed by atoms with Crippen LogP contribution in [-0.4, -0.2) is 27.1 Å². The van der Waals surface area contributed by atoms with Gasteiger partial charge in [-0.1, -0.05) is 6.07 Å². The number of amides is 1. The van der Waals surface area contributed by atoms with E-state index in [1.165, 1.54) is 18.2 Å². The summed E-state index contributed by atoms with van der Waals surface area (Å²) in [5.41, 5.74) is 1.67. The van der Waals surface area contributed by atoms with E-state index in [2.05, 4.69) is 10.5 Å². The van der Waals surface area contributed by atoms with E-state index in [9.17, 15) is 30.1 Å². The van der Waals surface area contributed by atoms with E-state index in [0.29, 0.717) is 0 Å². The van der Waals surface area contributed by atoms with Crippen LogP contribution in [0.5, 0.6) is 5.75 Å². The Hall–Kier alpha value is -3.82. The molecule has 0 fully saturated rings. The average molecular weight is 330 g/mol. The van der Waals surface area contributed by atoms with E-state index in [-0.39, 0.29) is 28.3 Å². The first-order valence-electron chi connectivity index (χ1n) is 6.44. The lowest BCUT2D eigenvalue weighted by atomic mass is 10.2. The predicted octanol–water partition coefficient (Wildman–Crippen LogP) is 1.97. The molecule has 2 aromatic carbocycles. The lowest BCUT2D eigenvalue weighted by Gasteiger charge is -2.01. The molecular formula is C14H10N4O6. The van der Waals surface area contributed by atoms with Gasteiger partial charge in [-0.25, -0.2) is 5.43 Å². The van der Waals surface area contributed by atoms with Gasteiger partial charge in [-0.3, -0.25) is 25.0 Å². The number of hydrogen-bond donors (Lipinski definition) is 2. The van der Waals surface area contributed by atoms with Crippen LogP contribution in [0.4, 0.5) is 11.4 Å². The zero-order chi connectivity index (χ0) is 17.7. The highest BCUT2D eigenvalue weighted by Crippen LogP contribution is 2.21. The van der Waals surface area contributed by atoms with Gasteiger partial charge in [0.1, 0.15) is 5.75 Å². The van der Waals surface area contributed by atoms with Crippen LogP contribution in [0.25, 0.3) is 0 Å². The highest BCUT2D eigenvalue weighted by molar-refractivity contribution is 5.95. The number of hydrogen-bond acceptors (Lipinski definition) is 7. The molecule has 0 radical (unpaired) electrons. The first kappa shape index (κ1) is 16.5. The first-order valence-corrected chi connectivity index (χ1v) is 6.44. The van der Waals surface area contributed by atoms with Crippen molar-refractivity contribution < 1.29 is 19.7 Å². The Balaban J connectivity index is 2.13. The van der Waals surface area contributed by atoms with Crippen LogP contribution in [0.15, 0.2) is 47.6 Å².